The van der Waals surface area contributed by atoms with Gasteiger partial charge in [-0.1, -0.05) is 0 Å². The quantitative estimate of drug-likeness (QED) is 0.778. The maximum atomic E-state index is 13.6. The fourth-order valence-corrected chi connectivity index (χ4v) is 4.16. The van der Waals surface area contributed by atoms with Gasteiger partial charge in [0, 0.05) is 6.54 Å². The van der Waals surface area contributed by atoms with Crippen molar-refractivity contribution in [1.29, 1.82) is 5.26 Å². The molecule has 3 amide bonds. The molecule has 9 heteroatoms. The fraction of sp³-hybridized carbons (Fsp3) is 0.444. The number of carbonyl (C=O) groups excluding carboxylic acids is 3. The fourth-order valence-electron chi connectivity index (χ4n) is 4.16. The van der Waals surface area contributed by atoms with Crippen LogP contribution in [0.25, 0.3) is 0 Å². The van der Waals surface area contributed by atoms with Crippen molar-refractivity contribution < 1.29 is 27.9 Å². The topological polar surface area (TPSA) is 99.5 Å². The highest BCUT2D eigenvalue weighted by Crippen LogP contribution is 2.48. The van der Waals surface area contributed by atoms with Crippen LogP contribution >= 0.6 is 0 Å². The molecule has 0 aliphatic carbocycles. The van der Waals surface area contributed by atoms with Gasteiger partial charge in [0.2, 0.25) is 17.7 Å². The van der Waals surface area contributed by atoms with E-state index in [4.69, 9.17) is 10.00 Å². The summed E-state index contributed by atoms with van der Waals surface area (Å²) in [5, 5.41) is 11.1. The number of likely N-dealkylation sites (tertiary alicyclic amines) is 1. The zero-order valence-electron chi connectivity index (χ0n) is 14.1. The maximum absolute atomic E-state index is 13.6. The summed E-state index contributed by atoms with van der Waals surface area (Å²) in [6.45, 7) is -0.638. The Morgan fingerprint density at radius 2 is 1.74 bits per heavy atom. The summed E-state index contributed by atoms with van der Waals surface area (Å²) in [5.41, 5.74) is -0.568. The number of nitrogens with zero attached hydrogens (tertiary/aromatic N) is 2. The van der Waals surface area contributed by atoms with Crippen molar-refractivity contribution in [2.75, 3.05) is 6.54 Å². The van der Waals surface area contributed by atoms with E-state index in [2.05, 4.69) is 5.32 Å². The second-order valence-corrected chi connectivity index (χ2v) is 6.93. The first-order chi connectivity index (χ1) is 12.9. The second kappa shape index (κ2) is 6.39. The molecule has 27 heavy (non-hydrogen) atoms. The molecule has 3 saturated heterocycles. The molecule has 3 aliphatic heterocycles. The van der Waals surface area contributed by atoms with Gasteiger partial charge in [-0.2, -0.15) is 5.26 Å². The van der Waals surface area contributed by atoms with E-state index >= 15 is 0 Å². The Morgan fingerprint density at radius 1 is 1.19 bits per heavy atom. The number of halogens is 2. The van der Waals surface area contributed by atoms with Crippen molar-refractivity contribution in [3.05, 3.63) is 34.9 Å². The van der Waals surface area contributed by atoms with Crippen LogP contribution in [-0.4, -0.2) is 41.4 Å². The molecule has 3 fully saturated rings. The van der Waals surface area contributed by atoms with Crippen LogP contribution in [0.3, 0.4) is 0 Å². The van der Waals surface area contributed by atoms with Gasteiger partial charge < -0.3 is 10.1 Å². The average molecular weight is 375 g/mol. The molecule has 4 rings (SSSR count). The smallest absolute Gasteiger partial charge is 0.240 e. The van der Waals surface area contributed by atoms with Crippen LogP contribution in [-0.2, 0) is 25.7 Å². The number of rotatable bonds is 4. The van der Waals surface area contributed by atoms with Crippen molar-refractivity contribution >= 4 is 17.7 Å². The highest BCUT2D eigenvalue weighted by molar-refractivity contribution is 6.08. The first-order valence-electron chi connectivity index (χ1n) is 8.56. The van der Waals surface area contributed by atoms with Gasteiger partial charge >= 0.3 is 0 Å². The van der Waals surface area contributed by atoms with Crippen molar-refractivity contribution in [2.24, 2.45) is 11.8 Å². The van der Waals surface area contributed by atoms with Gasteiger partial charge in [-0.05, 0) is 30.5 Å². The Bertz CT molecular complexity index is 846. The van der Waals surface area contributed by atoms with Gasteiger partial charge in [-0.25, -0.2) is 8.78 Å². The van der Waals surface area contributed by atoms with Crippen LogP contribution in [0.5, 0.6) is 0 Å². The molecule has 0 saturated carbocycles. The third-order valence-electron chi connectivity index (χ3n) is 5.38. The normalized spacial score (nSPS) is 28.4. The summed E-state index contributed by atoms with van der Waals surface area (Å²) in [4.78, 5) is 38.0. The largest absolute Gasteiger partial charge is 0.373 e. The number of amides is 3. The van der Waals surface area contributed by atoms with Gasteiger partial charge in [-0.3, -0.25) is 19.3 Å². The van der Waals surface area contributed by atoms with E-state index in [0.29, 0.717) is 0 Å². The minimum atomic E-state index is -1.02. The Kier molecular flexibility index (Phi) is 4.15. The zero-order valence-corrected chi connectivity index (χ0v) is 14.1. The number of ether oxygens (including phenoxy) is 1. The Hall–Kier alpha value is -2.86. The van der Waals surface area contributed by atoms with E-state index in [1.165, 1.54) is 6.07 Å². The molecule has 4 atom stereocenters. The van der Waals surface area contributed by atoms with Crippen LogP contribution in [0.1, 0.15) is 24.0 Å². The molecule has 1 aromatic carbocycles. The standard InChI is InChI=1S/C18H15F2N3O4/c19-10-3-8(4-11(20)9(10)5-21)6-22-14(24)7-23-17(25)15-12-1-2-13(27-12)16(15)18(23)26/h3-4,12-13,15-16H,1-2,6-7H2,(H,22,24). The predicted octanol–water partition coefficient (Wildman–Crippen LogP) is 0.615. The number of hydrogen-bond donors (Lipinski definition) is 1. The van der Waals surface area contributed by atoms with Crippen molar-refractivity contribution in [1.82, 2.24) is 10.2 Å². The average Bonchev–Trinajstić information content (AvgIpc) is 3.30. The molecular weight excluding hydrogens is 360 g/mol. The molecule has 0 spiro atoms. The van der Waals surface area contributed by atoms with Crippen LogP contribution in [0, 0.1) is 34.8 Å². The van der Waals surface area contributed by atoms with Gasteiger partial charge in [0.1, 0.15) is 29.8 Å². The van der Waals surface area contributed by atoms with Crippen LogP contribution in [0.15, 0.2) is 12.1 Å². The van der Waals surface area contributed by atoms with Crippen molar-refractivity contribution in [3.63, 3.8) is 0 Å². The maximum Gasteiger partial charge on any atom is 0.240 e. The summed E-state index contributed by atoms with van der Waals surface area (Å²) >= 11 is 0. The lowest BCUT2D eigenvalue weighted by atomic mass is 9.81. The van der Waals surface area contributed by atoms with E-state index in [-0.39, 0.29) is 24.3 Å². The molecule has 7 nitrogen and oxygen atoms in total. The Balaban J connectivity index is 1.39. The van der Waals surface area contributed by atoms with Crippen molar-refractivity contribution in [3.8, 4) is 6.07 Å². The van der Waals surface area contributed by atoms with E-state index < -0.39 is 53.3 Å². The number of fused-ring (bicyclic) bond motifs is 5. The summed E-state index contributed by atoms with van der Waals surface area (Å²) in [6.07, 6.45) is 0.963. The molecule has 0 radical (unpaired) electrons. The van der Waals surface area contributed by atoms with Crippen LogP contribution < -0.4 is 5.32 Å². The Labute approximate surface area is 152 Å². The lowest BCUT2D eigenvalue weighted by Gasteiger charge is -2.17. The molecule has 1 aromatic rings. The highest BCUT2D eigenvalue weighted by atomic mass is 19.1. The number of nitriles is 1. The summed E-state index contributed by atoms with van der Waals surface area (Å²) in [6, 6.07) is 3.32. The minimum absolute atomic E-state index is 0.125. The van der Waals surface area contributed by atoms with E-state index in [0.717, 1.165) is 29.9 Å². The number of imide groups is 1. The van der Waals surface area contributed by atoms with Gasteiger partial charge in [-0.15, -0.1) is 0 Å². The van der Waals surface area contributed by atoms with Crippen molar-refractivity contribution in [2.45, 2.75) is 31.6 Å². The molecule has 3 aliphatic rings. The highest BCUT2D eigenvalue weighted by Gasteiger charge is 2.62. The van der Waals surface area contributed by atoms with E-state index in [1.54, 1.807) is 0 Å². The number of hydrogen-bond acceptors (Lipinski definition) is 5. The van der Waals surface area contributed by atoms with Crippen LogP contribution in [0.4, 0.5) is 8.78 Å². The molecule has 1 N–H and O–H groups in total. The Morgan fingerprint density at radius 3 is 2.26 bits per heavy atom. The van der Waals surface area contributed by atoms with E-state index in [9.17, 15) is 23.2 Å². The number of benzene rings is 1. The monoisotopic (exact) mass is 375 g/mol. The van der Waals surface area contributed by atoms with Crippen LogP contribution in [0.2, 0.25) is 0 Å². The number of nitrogens with one attached hydrogen (secondary N) is 1. The molecule has 4 unspecified atom stereocenters. The minimum Gasteiger partial charge on any atom is -0.373 e. The van der Waals surface area contributed by atoms with Gasteiger partial charge in [0.05, 0.1) is 24.0 Å². The zero-order chi connectivity index (χ0) is 19.3. The lowest BCUT2D eigenvalue weighted by Crippen LogP contribution is -2.42. The second-order valence-electron chi connectivity index (χ2n) is 6.93. The molecule has 2 bridgehead atoms. The summed E-state index contributed by atoms with van der Waals surface area (Å²) < 4.78 is 32.8. The molecule has 0 aromatic heterocycles. The lowest BCUT2D eigenvalue weighted by molar-refractivity contribution is -0.146. The molecule has 3 heterocycles. The SMILES string of the molecule is N#Cc1c(F)cc(CNC(=O)CN2C(=O)C3C4CCC(O4)C3C2=O)cc1F. The first kappa shape index (κ1) is 17.5. The number of carbonyl (C=O) groups is 3. The third kappa shape index (κ3) is 2.77. The van der Waals surface area contributed by atoms with E-state index in [1.807, 2.05) is 0 Å². The third-order valence-corrected chi connectivity index (χ3v) is 5.38. The predicted molar refractivity (Wildman–Crippen MR) is 84.5 cm³/mol. The van der Waals surface area contributed by atoms with Gasteiger partial charge in [0.25, 0.3) is 0 Å². The molecule has 140 valence electrons. The van der Waals surface area contributed by atoms with Gasteiger partial charge in [0.15, 0.2) is 0 Å². The summed E-state index contributed by atoms with van der Waals surface area (Å²) in [7, 11) is 0. The summed E-state index contributed by atoms with van der Waals surface area (Å²) in [5.74, 6) is -4.47. The first-order valence-corrected chi connectivity index (χ1v) is 8.56. The molecular formula is C18H15F2N3O4.